The number of aryl methyl sites for hydroxylation is 1. The van der Waals surface area contributed by atoms with Gasteiger partial charge in [0.15, 0.2) is 5.82 Å². The molecule has 0 N–H and O–H groups in total. The number of halogens is 7. The molecule has 0 bridgehead atoms. The van der Waals surface area contributed by atoms with Gasteiger partial charge in [-0.2, -0.15) is 31.3 Å². The zero-order valence-electron chi connectivity index (χ0n) is 21.3. The Kier molecular flexibility index (Phi) is 7.13. The summed E-state index contributed by atoms with van der Waals surface area (Å²) in [6, 6.07) is 6.40. The van der Waals surface area contributed by atoms with E-state index in [9.17, 15) is 35.5 Å². The van der Waals surface area contributed by atoms with Crippen molar-refractivity contribution in [1.29, 1.82) is 0 Å². The SMILES string of the molecule is Cc1noc(C2CC(=O)N3C[C@H](O[C@H](C)c4cc(C(F)(F)F)cc(C(F)(F)F)c4)C(c4ccc(F)cc4)C3C2)n1. The van der Waals surface area contributed by atoms with Crippen LogP contribution >= 0.6 is 0 Å². The number of alkyl halides is 6. The summed E-state index contributed by atoms with van der Waals surface area (Å²) >= 11 is 0. The van der Waals surface area contributed by atoms with Crippen molar-refractivity contribution in [1.82, 2.24) is 15.0 Å². The maximum Gasteiger partial charge on any atom is 0.416 e. The molecule has 2 aliphatic rings. The highest BCUT2D eigenvalue weighted by atomic mass is 19.4. The summed E-state index contributed by atoms with van der Waals surface area (Å²) < 4.78 is 106. The summed E-state index contributed by atoms with van der Waals surface area (Å²) in [5, 5.41) is 3.79. The molecule has 40 heavy (non-hydrogen) atoms. The van der Waals surface area contributed by atoms with Crippen LogP contribution in [0.2, 0.25) is 0 Å². The molecule has 5 rings (SSSR count). The van der Waals surface area contributed by atoms with Crippen LogP contribution in [0.15, 0.2) is 47.0 Å². The maximum absolute atomic E-state index is 13.7. The molecule has 5 atom stereocenters. The molecule has 1 aromatic heterocycles. The molecule has 0 saturated carbocycles. The number of ether oxygens (including phenoxy) is 1. The van der Waals surface area contributed by atoms with E-state index in [0.29, 0.717) is 35.8 Å². The van der Waals surface area contributed by atoms with Crippen molar-refractivity contribution in [3.05, 3.63) is 82.3 Å². The molecule has 2 saturated heterocycles. The number of piperidine rings is 1. The van der Waals surface area contributed by atoms with Crippen LogP contribution in [-0.4, -0.2) is 39.6 Å². The summed E-state index contributed by atoms with van der Waals surface area (Å²) in [4.78, 5) is 19.0. The molecule has 2 aromatic carbocycles. The average molecular weight is 571 g/mol. The van der Waals surface area contributed by atoms with Crippen LogP contribution in [0.25, 0.3) is 0 Å². The molecule has 2 fully saturated rings. The topological polar surface area (TPSA) is 68.5 Å². The van der Waals surface area contributed by atoms with Gasteiger partial charge in [-0.05, 0) is 61.7 Å². The van der Waals surface area contributed by atoms with Crippen LogP contribution in [0.1, 0.15) is 71.7 Å². The molecule has 0 radical (unpaired) electrons. The third-order valence-electron chi connectivity index (χ3n) is 7.47. The third kappa shape index (κ3) is 5.56. The summed E-state index contributed by atoms with van der Waals surface area (Å²) in [6.07, 6.45) is -11.5. The minimum absolute atomic E-state index is 0.0521. The van der Waals surface area contributed by atoms with Gasteiger partial charge in [0.25, 0.3) is 0 Å². The zero-order chi connectivity index (χ0) is 29.0. The van der Waals surface area contributed by atoms with Crippen molar-refractivity contribution in [3.63, 3.8) is 0 Å². The first-order valence-electron chi connectivity index (χ1n) is 12.5. The Morgan fingerprint density at radius 2 is 1.65 bits per heavy atom. The summed E-state index contributed by atoms with van der Waals surface area (Å²) in [7, 11) is 0. The lowest BCUT2D eigenvalue weighted by Gasteiger charge is -2.35. The number of benzene rings is 2. The molecule has 3 heterocycles. The van der Waals surface area contributed by atoms with Crippen molar-refractivity contribution in [2.24, 2.45) is 0 Å². The smallest absolute Gasteiger partial charge is 0.368 e. The van der Waals surface area contributed by atoms with Crippen molar-refractivity contribution in [3.8, 4) is 0 Å². The summed E-state index contributed by atoms with van der Waals surface area (Å²) in [6.45, 7) is 3.06. The largest absolute Gasteiger partial charge is 0.416 e. The summed E-state index contributed by atoms with van der Waals surface area (Å²) in [5.41, 5.74) is -2.59. The fourth-order valence-corrected chi connectivity index (χ4v) is 5.62. The van der Waals surface area contributed by atoms with Crippen LogP contribution in [-0.2, 0) is 21.9 Å². The Balaban J connectivity index is 1.48. The van der Waals surface area contributed by atoms with Gasteiger partial charge in [-0.25, -0.2) is 4.39 Å². The lowest BCUT2D eigenvalue weighted by atomic mass is 9.81. The van der Waals surface area contributed by atoms with E-state index in [0.717, 1.165) is 0 Å². The maximum atomic E-state index is 13.7. The highest BCUT2D eigenvalue weighted by Crippen LogP contribution is 2.46. The molecular weight excluding hydrogens is 547 g/mol. The van der Waals surface area contributed by atoms with Gasteiger partial charge in [0.1, 0.15) is 5.82 Å². The molecular formula is C27H24F7N3O3. The molecule has 2 aliphatic heterocycles. The van der Waals surface area contributed by atoms with Gasteiger partial charge in [-0.1, -0.05) is 17.3 Å². The highest BCUT2D eigenvalue weighted by Gasteiger charge is 2.50. The number of rotatable bonds is 5. The van der Waals surface area contributed by atoms with Crippen LogP contribution in [0, 0.1) is 12.7 Å². The van der Waals surface area contributed by atoms with Crippen LogP contribution < -0.4 is 0 Å². The van der Waals surface area contributed by atoms with Gasteiger partial charge >= 0.3 is 12.4 Å². The first-order chi connectivity index (χ1) is 18.7. The van der Waals surface area contributed by atoms with Crippen LogP contribution in [0.3, 0.4) is 0 Å². The molecule has 3 unspecified atom stereocenters. The van der Waals surface area contributed by atoms with E-state index in [1.165, 1.54) is 31.2 Å². The van der Waals surface area contributed by atoms with E-state index in [2.05, 4.69) is 10.1 Å². The first kappa shape index (κ1) is 28.1. The van der Waals surface area contributed by atoms with Crippen molar-refractivity contribution < 1.29 is 44.8 Å². The third-order valence-corrected chi connectivity index (χ3v) is 7.47. The molecule has 214 valence electrons. The van der Waals surface area contributed by atoms with Crippen molar-refractivity contribution in [2.45, 2.75) is 69.1 Å². The number of aromatic nitrogens is 2. The van der Waals surface area contributed by atoms with Gasteiger partial charge < -0.3 is 14.2 Å². The van der Waals surface area contributed by atoms with E-state index in [1.54, 1.807) is 11.8 Å². The number of carbonyl (C=O) groups excluding carboxylic acids is 1. The van der Waals surface area contributed by atoms with E-state index in [4.69, 9.17) is 9.26 Å². The lowest BCUT2D eigenvalue weighted by molar-refractivity contribution is -0.143. The number of amides is 1. The molecule has 6 nitrogen and oxygen atoms in total. The lowest BCUT2D eigenvalue weighted by Crippen LogP contribution is -2.43. The molecule has 1 amide bonds. The van der Waals surface area contributed by atoms with Gasteiger partial charge in [-0.3, -0.25) is 4.79 Å². The Morgan fingerprint density at radius 3 is 2.20 bits per heavy atom. The second-order valence-electron chi connectivity index (χ2n) is 10.2. The minimum atomic E-state index is -5.01. The monoisotopic (exact) mass is 571 g/mol. The first-order valence-corrected chi connectivity index (χ1v) is 12.5. The Morgan fingerprint density at radius 1 is 1.02 bits per heavy atom. The normalized spacial score (nSPS) is 24.3. The van der Waals surface area contributed by atoms with Gasteiger partial charge in [0, 0.05) is 30.8 Å². The number of hydrogen-bond acceptors (Lipinski definition) is 5. The predicted octanol–water partition coefficient (Wildman–Crippen LogP) is 6.57. The quantitative estimate of drug-likeness (QED) is 0.324. The molecule has 0 aliphatic carbocycles. The number of carbonyl (C=O) groups is 1. The van der Waals surface area contributed by atoms with Gasteiger partial charge in [0.2, 0.25) is 11.8 Å². The van der Waals surface area contributed by atoms with Crippen molar-refractivity contribution >= 4 is 5.91 Å². The zero-order valence-corrected chi connectivity index (χ0v) is 21.3. The average Bonchev–Trinajstić information content (AvgIpc) is 3.47. The fraction of sp³-hybridized carbons (Fsp3) is 0.444. The van der Waals surface area contributed by atoms with Crippen LogP contribution in [0.4, 0.5) is 30.7 Å². The minimum Gasteiger partial charge on any atom is -0.368 e. The van der Waals surface area contributed by atoms with Crippen molar-refractivity contribution in [2.75, 3.05) is 6.54 Å². The Hall–Kier alpha value is -3.48. The Bertz CT molecular complexity index is 1350. The summed E-state index contributed by atoms with van der Waals surface area (Å²) in [5.74, 6) is -0.975. The predicted molar refractivity (Wildman–Crippen MR) is 125 cm³/mol. The number of hydrogen-bond donors (Lipinski definition) is 0. The van der Waals surface area contributed by atoms with E-state index < -0.39 is 59.4 Å². The van der Waals surface area contributed by atoms with Gasteiger partial charge in [0.05, 0.1) is 23.3 Å². The molecule has 3 aromatic rings. The fourth-order valence-electron chi connectivity index (χ4n) is 5.62. The molecule has 13 heteroatoms. The van der Waals surface area contributed by atoms with E-state index >= 15 is 0 Å². The number of fused-ring (bicyclic) bond motifs is 1. The molecule has 0 spiro atoms. The van der Waals surface area contributed by atoms with E-state index in [-0.39, 0.29) is 30.5 Å². The number of nitrogens with zero attached hydrogens (tertiary/aromatic N) is 3. The van der Waals surface area contributed by atoms with E-state index in [1.807, 2.05) is 0 Å². The Labute approximate surface area is 224 Å². The highest BCUT2D eigenvalue weighted by molar-refractivity contribution is 5.79. The van der Waals surface area contributed by atoms with Gasteiger partial charge in [-0.15, -0.1) is 0 Å². The second kappa shape index (κ2) is 10.2. The second-order valence-corrected chi connectivity index (χ2v) is 10.2. The van der Waals surface area contributed by atoms with Crippen LogP contribution in [0.5, 0.6) is 0 Å². The standard InChI is InChI=1S/C27H24F7N3O3/c1-13(16-7-18(26(29,30)31)11-19(8-16)27(32,33)34)39-22-12-37-21(24(22)15-3-5-20(28)6-4-15)9-17(10-23(37)38)25-35-14(2)36-40-25/h3-8,11,13,17,21-22,24H,9-10,12H2,1-2H3/t13-,17?,21?,22+,24?/m1/s1.